The summed E-state index contributed by atoms with van der Waals surface area (Å²) in [7, 11) is 0. The zero-order chi connectivity index (χ0) is 9.84. The van der Waals surface area contributed by atoms with E-state index in [1.54, 1.807) is 0 Å². The number of rotatable bonds is 4. The van der Waals surface area contributed by atoms with Gasteiger partial charge < -0.3 is 4.63 Å². The first-order valence-electron chi connectivity index (χ1n) is 2.64. The van der Waals surface area contributed by atoms with Crippen LogP contribution in [-0.2, 0) is 0 Å². The molecule has 0 bridgehead atoms. The van der Waals surface area contributed by atoms with Crippen LogP contribution in [0.15, 0.2) is 4.63 Å². The minimum atomic E-state index is -1.10. The van der Waals surface area contributed by atoms with Crippen LogP contribution in [0, 0.1) is 20.2 Å². The number of aromatic nitrogens is 2. The maximum atomic E-state index is 9.82. The van der Waals surface area contributed by atoms with Crippen LogP contribution < -0.4 is 103 Å². The van der Waals surface area contributed by atoms with Gasteiger partial charge in [-0.15, -0.1) is 10.9 Å². The van der Waals surface area contributed by atoms with E-state index in [4.69, 9.17) is 0 Å². The van der Waals surface area contributed by atoms with Crippen molar-refractivity contribution < 1.29 is 117 Å². The van der Waals surface area contributed by atoms with Crippen molar-refractivity contribution in [2.75, 3.05) is 0 Å². The minimum Gasteiger partial charge on any atom is -0.452 e. The van der Waals surface area contributed by atoms with Gasteiger partial charge in [0.05, 0.1) is 10.1 Å². The molecule has 0 N–H and O–H groups in total. The van der Waals surface area contributed by atoms with E-state index in [0.29, 0.717) is 0 Å². The first-order chi connectivity index (χ1) is 6.09. The van der Waals surface area contributed by atoms with Gasteiger partial charge in [0.15, 0.2) is 0 Å². The van der Waals surface area contributed by atoms with Crippen molar-refractivity contribution in [3.8, 4) is 0 Å². The second kappa shape index (κ2) is 8.91. The fourth-order valence-electron chi connectivity index (χ4n) is 0.460. The molecule has 1 heterocycles. The topological polar surface area (TPSA) is 153 Å². The molecule has 0 unspecified atom stereocenters. The Labute approximate surface area is 167 Å². The van der Waals surface area contributed by atoms with E-state index >= 15 is 0 Å². The van der Waals surface area contributed by atoms with Crippen LogP contribution in [0.4, 0.5) is 11.6 Å². The van der Waals surface area contributed by atoms with Crippen LogP contribution in [-0.4, -0.2) is 20.4 Å². The number of hydrogen-bond acceptors (Lipinski definition) is 7. The molecule has 0 atom stereocenters. The van der Waals surface area contributed by atoms with Crippen LogP contribution >= 0.6 is 0 Å². The van der Waals surface area contributed by atoms with Gasteiger partial charge in [0.2, 0.25) is 0 Å². The first kappa shape index (κ1) is 18.2. The fraction of sp³-hybridized carbons (Fsp3) is 0. The zero-order valence-electron chi connectivity index (χ0n) is 7.72. The van der Waals surface area contributed by atoms with Crippen molar-refractivity contribution in [2.24, 2.45) is 0 Å². The minimum absolute atomic E-state index is 0. The summed E-state index contributed by atoms with van der Waals surface area (Å²) in [5, 5.41) is 23.3. The first-order valence-corrected chi connectivity index (χ1v) is 2.64. The molecule has 0 saturated carbocycles. The standard InChI is InChI=1S/C2N6O5.2K/c9-7(10)3-1-2(4-8(11)12)6-13-5-1;;/q-2;2*+1. The molecule has 1 aromatic heterocycles. The van der Waals surface area contributed by atoms with E-state index in [1.807, 2.05) is 0 Å². The predicted molar refractivity (Wildman–Crippen MR) is 34.3 cm³/mol. The maximum absolute atomic E-state index is 9.82. The van der Waals surface area contributed by atoms with Crippen molar-refractivity contribution in [2.45, 2.75) is 0 Å². The summed E-state index contributed by atoms with van der Waals surface area (Å²) < 4.78 is 3.95. The van der Waals surface area contributed by atoms with Crippen LogP contribution in [0.3, 0.4) is 0 Å². The van der Waals surface area contributed by atoms with Gasteiger partial charge in [-0.1, -0.05) is 0 Å². The third-order valence-electron chi connectivity index (χ3n) is 0.807. The van der Waals surface area contributed by atoms with E-state index < -0.39 is 21.7 Å². The summed E-state index contributed by atoms with van der Waals surface area (Å²) in [5.41, 5.74) is 5.26. The summed E-state index contributed by atoms with van der Waals surface area (Å²) in [6.07, 6.45) is 0. The molecular weight excluding hydrogens is 266 g/mol. The Bertz CT molecular complexity index is 310. The molecule has 0 aliphatic carbocycles. The van der Waals surface area contributed by atoms with Gasteiger partial charge >= 0.3 is 103 Å². The Morgan fingerprint density at radius 3 is 1.60 bits per heavy atom. The molecule has 0 aromatic carbocycles. The van der Waals surface area contributed by atoms with Gasteiger partial charge in [0.1, 0.15) is 0 Å². The number of hydrogen-bond donors (Lipinski definition) is 0. The SMILES string of the molecule is O=[N+]([O-])[N-]c1nonc1[N-][N+](=O)[O-].[K+].[K+]. The molecule has 0 amide bonds. The van der Waals surface area contributed by atoms with Gasteiger partial charge in [-0.3, -0.25) is 30.5 Å². The van der Waals surface area contributed by atoms with Crippen molar-refractivity contribution in [3.05, 3.63) is 31.1 Å². The van der Waals surface area contributed by atoms with Gasteiger partial charge in [-0.05, 0) is 0 Å². The number of nitro groups is 2. The monoisotopic (exact) mass is 266 g/mol. The second-order valence-electron chi connectivity index (χ2n) is 1.59. The Balaban J connectivity index is 0. The van der Waals surface area contributed by atoms with Crippen LogP contribution in [0.1, 0.15) is 0 Å². The molecule has 0 spiro atoms. The maximum Gasteiger partial charge on any atom is 1.00 e. The van der Waals surface area contributed by atoms with Gasteiger partial charge in [0.25, 0.3) is 0 Å². The van der Waals surface area contributed by atoms with Crippen molar-refractivity contribution >= 4 is 11.6 Å². The quantitative estimate of drug-likeness (QED) is 0.299. The molecule has 1 aromatic rings. The molecule has 15 heavy (non-hydrogen) atoms. The zero-order valence-corrected chi connectivity index (χ0v) is 14.0. The molecular formula is C2K2N6O5. The van der Waals surface area contributed by atoms with E-state index in [9.17, 15) is 20.2 Å². The Morgan fingerprint density at radius 2 is 1.33 bits per heavy atom. The van der Waals surface area contributed by atoms with Crippen molar-refractivity contribution in [1.29, 1.82) is 0 Å². The van der Waals surface area contributed by atoms with Gasteiger partial charge in [-0.25, -0.2) is 0 Å². The molecule has 0 aliphatic heterocycles. The second-order valence-corrected chi connectivity index (χ2v) is 1.59. The van der Waals surface area contributed by atoms with Crippen molar-refractivity contribution in [1.82, 2.24) is 10.3 Å². The fourth-order valence-corrected chi connectivity index (χ4v) is 0.460. The molecule has 11 nitrogen and oxygen atoms in total. The van der Waals surface area contributed by atoms with Gasteiger partial charge in [-0.2, -0.15) is 0 Å². The Hall–Kier alpha value is 0.813. The average molecular weight is 266 g/mol. The van der Waals surface area contributed by atoms with Crippen LogP contribution in [0.5, 0.6) is 0 Å². The average Bonchev–Trinajstić information content (AvgIpc) is 2.34. The van der Waals surface area contributed by atoms with Crippen molar-refractivity contribution in [3.63, 3.8) is 0 Å². The molecule has 0 radical (unpaired) electrons. The Morgan fingerprint density at radius 1 is 1.00 bits per heavy atom. The summed E-state index contributed by atoms with van der Waals surface area (Å²) in [5.74, 6) is -1.30. The summed E-state index contributed by atoms with van der Waals surface area (Å²) in [6.45, 7) is 0. The molecule has 1 rings (SSSR count). The normalized spacial score (nSPS) is 8.00. The van der Waals surface area contributed by atoms with Gasteiger partial charge in [0, 0.05) is 11.6 Å². The molecule has 70 valence electrons. The summed E-state index contributed by atoms with van der Waals surface area (Å²) >= 11 is 0. The molecule has 0 aliphatic rings. The molecule has 0 saturated heterocycles. The van der Waals surface area contributed by atoms with E-state index in [1.165, 1.54) is 0 Å². The third kappa shape index (κ3) is 6.87. The number of nitrogens with zero attached hydrogens (tertiary/aromatic N) is 6. The smallest absolute Gasteiger partial charge is 0.452 e. The Kier molecular flexibility index (Phi) is 10.8. The molecule has 13 heteroatoms. The van der Waals surface area contributed by atoms with E-state index in [0.717, 1.165) is 0 Å². The van der Waals surface area contributed by atoms with E-state index in [-0.39, 0.29) is 103 Å². The largest absolute Gasteiger partial charge is 1.00 e. The molecule has 0 fully saturated rings. The van der Waals surface area contributed by atoms with Crippen LogP contribution in [0.25, 0.3) is 10.9 Å². The summed E-state index contributed by atoms with van der Waals surface area (Å²) in [6, 6.07) is 0. The third-order valence-corrected chi connectivity index (χ3v) is 0.807. The summed E-state index contributed by atoms with van der Waals surface area (Å²) in [4.78, 5) is 19.6. The predicted octanol–water partition coefficient (Wildman–Crippen LogP) is -5.53. The van der Waals surface area contributed by atoms with E-state index in [2.05, 4.69) is 25.8 Å². The van der Waals surface area contributed by atoms with Crippen LogP contribution in [0.2, 0.25) is 0 Å².